The molecule has 0 radical (unpaired) electrons. The molecule has 21 heavy (non-hydrogen) atoms. The van der Waals surface area contributed by atoms with Crippen LogP contribution in [0.4, 0.5) is 18.9 Å². The van der Waals surface area contributed by atoms with Gasteiger partial charge in [0.25, 0.3) is 0 Å². The molecule has 0 aliphatic rings. The first-order valence-electron chi connectivity index (χ1n) is 5.93. The highest BCUT2D eigenvalue weighted by atomic mass is 19.2. The molecule has 0 spiro atoms. The van der Waals surface area contributed by atoms with Gasteiger partial charge in [-0.25, -0.2) is 13.2 Å². The number of carbonyl (C=O) groups excluding carboxylic acids is 1. The number of nitrogens with zero attached hydrogens (tertiary/aromatic N) is 1. The Balaban J connectivity index is 2.08. The fraction of sp³-hybridized carbons (Fsp3) is 0.0667. The van der Waals surface area contributed by atoms with Gasteiger partial charge in [-0.3, -0.25) is 4.79 Å². The first-order chi connectivity index (χ1) is 9.99. The molecule has 1 N–H and O–H groups in total. The maximum Gasteiger partial charge on any atom is 0.228 e. The number of amides is 1. The second-order valence-corrected chi connectivity index (χ2v) is 4.27. The van der Waals surface area contributed by atoms with E-state index in [2.05, 4.69) is 5.32 Å². The molecule has 0 bridgehead atoms. The normalized spacial score (nSPS) is 10.0. The van der Waals surface area contributed by atoms with Crippen LogP contribution in [0.15, 0.2) is 36.4 Å². The van der Waals surface area contributed by atoms with Gasteiger partial charge in [-0.1, -0.05) is 0 Å². The van der Waals surface area contributed by atoms with Gasteiger partial charge in [0, 0.05) is 17.3 Å². The van der Waals surface area contributed by atoms with Gasteiger partial charge >= 0.3 is 0 Å². The lowest BCUT2D eigenvalue weighted by Crippen LogP contribution is -2.15. The maximum absolute atomic E-state index is 13.4. The van der Waals surface area contributed by atoms with Gasteiger partial charge in [-0.15, -0.1) is 0 Å². The molecule has 0 aliphatic heterocycles. The molecule has 2 aromatic rings. The highest BCUT2D eigenvalue weighted by Gasteiger charge is 2.13. The number of rotatable bonds is 3. The van der Waals surface area contributed by atoms with Gasteiger partial charge < -0.3 is 5.32 Å². The summed E-state index contributed by atoms with van der Waals surface area (Å²) >= 11 is 0. The molecule has 2 rings (SSSR count). The zero-order valence-electron chi connectivity index (χ0n) is 10.7. The van der Waals surface area contributed by atoms with E-state index in [0.29, 0.717) is 23.4 Å². The number of nitriles is 1. The molecule has 0 saturated heterocycles. The summed E-state index contributed by atoms with van der Waals surface area (Å²) in [6.07, 6.45) is -0.428. The van der Waals surface area contributed by atoms with Crippen LogP contribution in [0, 0.1) is 28.8 Å². The molecule has 0 unspecified atom stereocenters. The van der Waals surface area contributed by atoms with Crippen LogP contribution in [0.1, 0.15) is 11.1 Å². The molecule has 6 heteroatoms. The van der Waals surface area contributed by atoms with Crippen molar-refractivity contribution in [2.24, 2.45) is 0 Å². The molecule has 0 saturated carbocycles. The van der Waals surface area contributed by atoms with Gasteiger partial charge in [0.2, 0.25) is 5.91 Å². The van der Waals surface area contributed by atoms with Gasteiger partial charge in [0.1, 0.15) is 5.82 Å². The number of nitrogens with one attached hydrogen (secondary N) is 1. The fourth-order valence-corrected chi connectivity index (χ4v) is 1.71. The first-order valence-corrected chi connectivity index (χ1v) is 5.93. The predicted molar refractivity (Wildman–Crippen MR) is 69.8 cm³/mol. The van der Waals surface area contributed by atoms with Crippen molar-refractivity contribution in [3.63, 3.8) is 0 Å². The van der Waals surface area contributed by atoms with Crippen LogP contribution in [0.25, 0.3) is 0 Å². The standard InChI is InChI=1S/C15H9F3N2O/c16-12-7-14(18)13(17)5-10(12)6-15(21)20-11-3-1-9(8-19)2-4-11/h1-5,7H,6H2,(H,20,21). The van der Waals surface area contributed by atoms with Crippen LogP contribution in [0.3, 0.4) is 0 Å². The Bertz CT molecular complexity index is 721. The molecular formula is C15H9F3N2O. The predicted octanol–water partition coefficient (Wildman–Crippen LogP) is 3.16. The van der Waals surface area contributed by atoms with Gasteiger partial charge in [-0.05, 0) is 30.3 Å². The summed E-state index contributed by atoms with van der Waals surface area (Å²) in [5.74, 6) is -4.07. The second-order valence-electron chi connectivity index (χ2n) is 4.27. The number of halogens is 3. The van der Waals surface area contributed by atoms with Crippen LogP contribution in [-0.2, 0) is 11.2 Å². The molecule has 0 atom stereocenters. The van der Waals surface area contributed by atoms with E-state index >= 15 is 0 Å². The summed E-state index contributed by atoms with van der Waals surface area (Å²) in [4.78, 5) is 11.7. The van der Waals surface area contributed by atoms with E-state index in [-0.39, 0.29) is 5.56 Å². The Morgan fingerprint density at radius 3 is 2.29 bits per heavy atom. The maximum atomic E-state index is 13.4. The van der Waals surface area contributed by atoms with Crippen LogP contribution >= 0.6 is 0 Å². The fourth-order valence-electron chi connectivity index (χ4n) is 1.71. The third-order valence-electron chi connectivity index (χ3n) is 2.74. The average Bonchev–Trinajstić information content (AvgIpc) is 2.45. The average molecular weight is 290 g/mol. The van der Waals surface area contributed by atoms with Crippen molar-refractivity contribution in [1.29, 1.82) is 5.26 Å². The van der Waals surface area contributed by atoms with E-state index in [1.54, 1.807) is 0 Å². The van der Waals surface area contributed by atoms with Crippen molar-refractivity contribution in [3.05, 3.63) is 65.0 Å². The molecule has 0 aliphatic carbocycles. The monoisotopic (exact) mass is 290 g/mol. The van der Waals surface area contributed by atoms with Gasteiger partial charge in [0.15, 0.2) is 11.6 Å². The Hall–Kier alpha value is -2.81. The molecule has 2 aromatic carbocycles. The Morgan fingerprint density at radius 1 is 1.05 bits per heavy atom. The van der Waals surface area contributed by atoms with Crippen LogP contribution in [0.5, 0.6) is 0 Å². The first kappa shape index (κ1) is 14.6. The third-order valence-corrected chi connectivity index (χ3v) is 2.74. The van der Waals surface area contributed by atoms with E-state index < -0.39 is 29.8 Å². The van der Waals surface area contributed by atoms with E-state index in [9.17, 15) is 18.0 Å². The summed E-state index contributed by atoms with van der Waals surface area (Å²) in [5, 5.41) is 11.1. The topological polar surface area (TPSA) is 52.9 Å². The van der Waals surface area contributed by atoms with Crippen molar-refractivity contribution >= 4 is 11.6 Å². The van der Waals surface area contributed by atoms with Gasteiger partial charge in [0.05, 0.1) is 18.1 Å². The minimum atomic E-state index is -1.30. The number of hydrogen-bond acceptors (Lipinski definition) is 2. The third kappa shape index (κ3) is 3.60. The van der Waals surface area contributed by atoms with Crippen LogP contribution < -0.4 is 5.32 Å². The van der Waals surface area contributed by atoms with Crippen LogP contribution in [-0.4, -0.2) is 5.91 Å². The Labute approximate surface area is 118 Å². The molecule has 1 amide bonds. The summed E-state index contributed by atoms with van der Waals surface area (Å²) in [6, 6.07) is 9.02. The number of carbonyl (C=O) groups is 1. The van der Waals surface area contributed by atoms with E-state index in [1.165, 1.54) is 24.3 Å². The van der Waals surface area contributed by atoms with Crippen molar-refractivity contribution in [1.82, 2.24) is 0 Å². The van der Waals surface area contributed by atoms with E-state index in [0.717, 1.165) is 0 Å². The second kappa shape index (κ2) is 6.09. The minimum Gasteiger partial charge on any atom is -0.326 e. The van der Waals surface area contributed by atoms with Crippen molar-refractivity contribution < 1.29 is 18.0 Å². The SMILES string of the molecule is N#Cc1ccc(NC(=O)Cc2cc(F)c(F)cc2F)cc1. The highest BCUT2D eigenvalue weighted by molar-refractivity contribution is 5.92. The lowest BCUT2D eigenvalue weighted by molar-refractivity contribution is -0.115. The van der Waals surface area contributed by atoms with Crippen molar-refractivity contribution in [2.45, 2.75) is 6.42 Å². The molecule has 3 nitrogen and oxygen atoms in total. The Kier molecular flexibility index (Phi) is 4.24. The van der Waals surface area contributed by atoms with Crippen molar-refractivity contribution in [3.8, 4) is 6.07 Å². The molecular weight excluding hydrogens is 281 g/mol. The van der Waals surface area contributed by atoms with E-state index in [1.807, 2.05) is 6.07 Å². The molecule has 106 valence electrons. The summed E-state index contributed by atoms with van der Waals surface area (Å²) in [7, 11) is 0. The largest absolute Gasteiger partial charge is 0.326 e. The quantitative estimate of drug-likeness (QED) is 0.883. The molecule has 0 aromatic heterocycles. The highest BCUT2D eigenvalue weighted by Crippen LogP contribution is 2.15. The minimum absolute atomic E-state index is 0.236. The Morgan fingerprint density at radius 2 is 1.67 bits per heavy atom. The molecule has 0 fully saturated rings. The van der Waals surface area contributed by atoms with E-state index in [4.69, 9.17) is 5.26 Å². The van der Waals surface area contributed by atoms with Crippen molar-refractivity contribution in [2.75, 3.05) is 5.32 Å². The number of anilines is 1. The lowest BCUT2D eigenvalue weighted by atomic mass is 10.1. The zero-order valence-corrected chi connectivity index (χ0v) is 10.7. The van der Waals surface area contributed by atoms with Crippen LogP contribution in [0.2, 0.25) is 0 Å². The number of benzene rings is 2. The molecule has 0 heterocycles. The summed E-state index contributed by atoms with van der Waals surface area (Å²) in [5.41, 5.74) is 0.613. The summed E-state index contributed by atoms with van der Waals surface area (Å²) < 4.78 is 39.2. The summed E-state index contributed by atoms with van der Waals surface area (Å²) in [6.45, 7) is 0. The number of hydrogen-bond donors (Lipinski definition) is 1. The lowest BCUT2D eigenvalue weighted by Gasteiger charge is -2.06. The van der Waals surface area contributed by atoms with Gasteiger partial charge in [-0.2, -0.15) is 5.26 Å². The zero-order chi connectivity index (χ0) is 15.4. The smallest absolute Gasteiger partial charge is 0.228 e.